The molecule has 34 heavy (non-hydrogen) atoms. The predicted molar refractivity (Wildman–Crippen MR) is 131 cm³/mol. The van der Waals surface area contributed by atoms with E-state index in [4.69, 9.17) is 17.3 Å². The maximum absolute atomic E-state index is 12.5. The molecule has 0 unspecified atom stereocenters. The van der Waals surface area contributed by atoms with Gasteiger partial charge in [-0.3, -0.25) is 14.3 Å². The Hall–Kier alpha value is -3.63. The van der Waals surface area contributed by atoms with Crippen molar-refractivity contribution in [2.75, 3.05) is 43.9 Å². The second kappa shape index (κ2) is 10.5. The van der Waals surface area contributed by atoms with Gasteiger partial charge < -0.3 is 26.2 Å². The molecule has 11 heteroatoms. The molecule has 10 nitrogen and oxygen atoms in total. The molecule has 1 aliphatic rings. The lowest BCUT2D eigenvalue weighted by molar-refractivity contribution is -0.133. The van der Waals surface area contributed by atoms with Crippen molar-refractivity contribution in [2.24, 2.45) is 5.73 Å². The van der Waals surface area contributed by atoms with E-state index in [0.717, 1.165) is 31.7 Å². The fourth-order valence-corrected chi connectivity index (χ4v) is 3.87. The Morgan fingerprint density at radius 1 is 1.15 bits per heavy atom. The SMILES string of the molecule is CN1CCN(C(=O)Cn2cc(Nc3cc(NCc4ccccc4C(N)=O)c(Cl)cn3)cn2)CC1. The fraction of sp³-hybridized carbons (Fsp3) is 0.304. The summed E-state index contributed by atoms with van der Waals surface area (Å²) in [6.07, 6.45) is 4.94. The standard InChI is InChI=1S/C23H27ClN8O2/c1-30-6-8-31(9-7-30)22(33)15-32-14-17(12-28-32)29-21-10-20(19(24)13-27-21)26-11-16-4-2-3-5-18(16)23(25)34/h2-5,10,12-14H,6-9,11,15H2,1H3,(H2,25,34)(H2,26,27,29). The Bertz CT molecular complexity index is 1170. The lowest BCUT2D eigenvalue weighted by Crippen LogP contribution is -2.48. The summed E-state index contributed by atoms with van der Waals surface area (Å²) < 4.78 is 1.61. The van der Waals surface area contributed by atoms with Gasteiger partial charge in [-0.05, 0) is 18.7 Å². The van der Waals surface area contributed by atoms with Crippen LogP contribution in [0.25, 0.3) is 0 Å². The van der Waals surface area contributed by atoms with E-state index in [0.29, 0.717) is 34.3 Å². The first-order chi connectivity index (χ1) is 16.4. The number of rotatable bonds is 8. The molecule has 0 aliphatic carbocycles. The largest absolute Gasteiger partial charge is 0.380 e. The third-order valence-electron chi connectivity index (χ3n) is 5.67. The maximum Gasteiger partial charge on any atom is 0.249 e. The first kappa shape index (κ1) is 23.5. The number of piperazine rings is 1. The molecule has 1 saturated heterocycles. The average molecular weight is 483 g/mol. The molecule has 1 fully saturated rings. The van der Waals surface area contributed by atoms with E-state index >= 15 is 0 Å². The number of nitrogens with one attached hydrogen (secondary N) is 2. The topological polar surface area (TPSA) is 121 Å². The number of amides is 2. The van der Waals surface area contributed by atoms with E-state index < -0.39 is 5.91 Å². The molecule has 0 bridgehead atoms. The van der Waals surface area contributed by atoms with Gasteiger partial charge in [0.05, 0.1) is 28.8 Å². The van der Waals surface area contributed by atoms with Crippen LogP contribution in [-0.2, 0) is 17.9 Å². The zero-order valence-electron chi connectivity index (χ0n) is 18.9. The Kier molecular flexibility index (Phi) is 7.29. The number of nitrogens with two attached hydrogens (primary N) is 1. The molecule has 0 radical (unpaired) electrons. The highest BCUT2D eigenvalue weighted by Crippen LogP contribution is 2.26. The van der Waals surface area contributed by atoms with E-state index in [1.807, 2.05) is 17.0 Å². The van der Waals surface area contributed by atoms with E-state index in [9.17, 15) is 9.59 Å². The van der Waals surface area contributed by atoms with Gasteiger partial charge in [0.1, 0.15) is 12.4 Å². The van der Waals surface area contributed by atoms with Crippen molar-refractivity contribution in [3.8, 4) is 0 Å². The minimum atomic E-state index is -0.483. The number of halogens is 1. The Labute approximate surface area is 202 Å². The van der Waals surface area contributed by atoms with E-state index in [2.05, 4.69) is 32.7 Å². The van der Waals surface area contributed by atoms with Crippen LogP contribution in [0, 0.1) is 0 Å². The molecule has 178 valence electrons. The van der Waals surface area contributed by atoms with Gasteiger partial charge in [-0.2, -0.15) is 5.10 Å². The quantitative estimate of drug-likeness (QED) is 0.449. The number of benzene rings is 1. The molecule has 0 spiro atoms. The smallest absolute Gasteiger partial charge is 0.249 e. The molecule has 4 rings (SSSR count). The van der Waals surface area contributed by atoms with Crippen LogP contribution in [0.3, 0.4) is 0 Å². The Morgan fingerprint density at radius 2 is 1.91 bits per heavy atom. The number of aromatic nitrogens is 3. The van der Waals surface area contributed by atoms with E-state index in [1.165, 1.54) is 6.20 Å². The summed E-state index contributed by atoms with van der Waals surface area (Å²) in [4.78, 5) is 32.6. The molecule has 1 aliphatic heterocycles. The van der Waals surface area contributed by atoms with Crippen molar-refractivity contribution in [1.29, 1.82) is 0 Å². The summed E-state index contributed by atoms with van der Waals surface area (Å²) in [5.74, 6) is 0.124. The van der Waals surface area contributed by atoms with Gasteiger partial charge in [0.25, 0.3) is 0 Å². The first-order valence-corrected chi connectivity index (χ1v) is 11.3. The molecule has 3 heterocycles. The first-order valence-electron chi connectivity index (χ1n) is 10.9. The van der Waals surface area contributed by atoms with Gasteiger partial charge in [0, 0.05) is 50.6 Å². The van der Waals surface area contributed by atoms with Gasteiger partial charge in [-0.25, -0.2) is 4.98 Å². The second-order valence-electron chi connectivity index (χ2n) is 8.16. The van der Waals surface area contributed by atoms with E-state index in [-0.39, 0.29) is 12.5 Å². The summed E-state index contributed by atoms with van der Waals surface area (Å²) in [6, 6.07) is 8.90. The van der Waals surface area contributed by atoms with E-state index in [1.54, 1.807) is 35.3 Å². The number of likely N-dealkylation sites (N-methyl/N-ethyl adjacent to an activating group) is 1. The van der Waals surface area contributed by atoms with Crippen LogP contribution < -0.4 is 16.4 Å². The summed E-state index contributed by atoms with van der Waals surface area (Å²) in [5.41, 5.74) is 8.03. The molecule has 0 saturated carbocycles. The number of primary amides is 1. The van der Waals surface area contributed by atoms with Crippen LogP contribution in [0.4, 0.5) is 17.2 Å². The highest BCUT2D eigenvalue weighted by Gasteiger charge is 2.19. The molecule has 0 atom stereocenters. The van der Waals surface area contributed by atoms with Crippen LogP contribution in [0.15, 0.2) is 48.9 Å². The predicted octanol–water partition coefficient (Wildman–Crippen LogP) is 2.16. The van der Waals surface area contributed by atoms with Gasteiger partial charge in [0.15, 0.2) is 0 Å². The maximum atomic E-state index is 12.5. The lowest BCUT2D eigenvalue weighted by atomic mass is 10.1. The highest BCUT2D eigenvalue weighted by atomic mass is 35.5. The Balaban J connectivity index is 1.38. The minimum absolute atomic E-state index is 0.0510. The third-order valence-corrected chi connectivity index (χ3v) is 5.97. The van der Waals surface area contributed by atoms with Crippen molar-refractivity contribution in [1.82, 2.24) is 24.6 Å². The number of carbonyl (C=O) groups is 2. The Morgan fingerprint density at radius 3 is 2.68 bits per heavy atom. The van der Waals surface area contributed by atoms with Gasteiger partial charge in [-0.15, -0.1) is 0 Å². The molecular weight excluding hydrogens is 456 g/mol. The summed E-state index contributed by atoms with van der Waals surface area (Å²) in [5, 5.41) is 11.1. The second-order valence-corrected chi connectivity index (χ2v) is 8.57. The van der Waals surface area contributed by atoms with Crippen molar-refractivity contribution < 1.29 is 9.59 Å². The number of hydrogen-bond acceptors (Lipinski definition) is 7. The van der Waals surface area contributed by atoms with Crippen LogP contribution in [0.1, 0.15) is 15.9 Å². The van der Waals surface area contributed by atoms with Crippen molar-refractivity contribution in [3.05, 3.63) is 65.1 Å². The minimum Gasteiger partial charge on any atom is -0.380 e. The molecular formula is C23H27ClN8O2. The van der Waals surface area contributed by atoms with Gasteiger partial charge in [0.2, 0.25) is 11.8 Å². The summed E-state index contributed by atoms with van der Waals surface area (Å²) >= 11 is 6.31. The third kappa shape index (κ3) is 5.83. The fourth-order valence-electron chi connectivity index (χ4n) is 3.70. The number of pyridine rings is 1. The summed E-state index contributed by atoms with van der Waals surface area (Å²) in [7, 11) is 2.05. The number of anilines is 3. The zero-order chi connectivity index (χ0) is 24.1. The lowest BCUT2D eigenvalue weighted by Gasteiger charge is -2.32. The van der Waals surface area contributed by atoms with Gasteiger partial charge >= 0.3 is 0 Å². The number of carbonyl (C=O) groups excluding carboxylic acids is 2. The number of nitrogens with zero attached hydrogens (tertiary/aromatic N) is 5. The zero-order valence-corrected chi connectivity index (χ0v) is 19.6. The van der Waals surface area contributed by atoms with Crippen LogP contribution in [-0.4, -0.2) is 69.6 Å². The van der Waals surface area contributed by atoms with Crippen LogP contribution in [0.2, 0.25) is 5.02 Å². The van der Waals surface area contributed by atoms with Crippen molar-refractivity contribution in [2.45, 2.75) is 13.1 Å². The molecule has 1 aromatic carbocycles. The monoisotopic (exact) mass is 482 g/mol. The molecule has 2 aromatic heterocycles. The normalized spacial score (nSPS) is 14.1. The summed E-state index contributed by atoms with van der Waals surface area (Å²) in [6.45, 7) is 3.78. The molecule has 3 aromatic rings. The van der Waals surface area contributed by atoms with Crippen molar-refractivity contribution in [3.63, 3.8) is 0 Å². The highest BCUT2D eigenvalue weighted by molar-refractivity contribution is 6.33. The molecule has 2 amide bonds. The number of hydrogen-bond donors (Lipinski definition) is 3. The molecule has 4 N–H and O–H groups in total. The van der Waals surface area contributed by atoms with Crippen LogP contribution in [0.5, 0.6) is 0 Å². The van der Waals surface area contributed by atoms with Crippen molar-refractivity contribution >= 4 is 40.6 Å². The average Bonchev–Trinajstić information content (AvgIpc) is 3.26. The van der Waals surface area contributed by atoms with Crippen LogP contribution >= 0.6 is 11.6 Å². The van der Waals surface area contributed by atoms with Gasteiger partial charge in [-0.1, -0.05) is 29.8 Å².